The molecule has 7 nitrogen and oxygen atoms in total. The minimum absolute atomic E-state index is 0.188. The molecular formula is C30H26BrCl3N4O3S. The van der Waals surface area contributed by atoms with Gasteiger partial charge in [-0.2, -0.15) is 4.98 Å². The molecule has 3 aromatic carbocycles. The minimum atomic E-state index is -0.692. The molecule has 0 saturated heterocycles. The zero-order valence-electron chi connectivity index (χ0n) is 22.8. The highest BCUT2D eigenvalue weighted by atomic mass is 79.9. The van der Waals surface area contributed by atoms with Crippen LogP contribution in [0.25, 0.3) is 0 Å². The summed E-state index contributed by atoms with van der Waals surface area (Å²) in [4.78, 5) is 18.3. The third-order valence-corrected chi connectivity index (χ3v) is 8.71. The lowest BCUT2D eigenvalue weighted by Crippen LogP contribution is -2.31. The van der Waals surface area contributed by atoms with E-state index in [4.69, 9.17) is 54.4 Å². The summed E-state index contributed by atoms with van der Waals surface area (Å²) in [6.07, 6.45) is -0.317. The van der Waals surface area contributed by atoms with Crippen molar-refractivity contribution in [3.8, 4) is 5.75 Å². The number of carbonyl (C=O) groups excluding carboxylic acids is 1. The number of ether oxygens (including phenoxy) is 2. The Balaban J connectivity index is 1.55. The Hall–Kier alpha value is -2.69. The Morgan fingerprint density at radius 1 is 1.07 bits per heavy atom. The van der Waals surface area contributed by atoms with E-state index in [-0.39, 0.29) is 12.7 Å². The first kappa shape index (κ1) is 30.8. The molecule has 0 radical (unpaired) electrons. The van der Waals surface area contributed by atoms with Crippen molar-refractivity contribution in [1.29, 1.82) is 0 Å². The molecule has 5 rings (SSSR count). The SMILES string of the molecule is CC1=C(C(=O)OC(C)C)C(c2cc(Br)ccc2OCc2ccc(Cl)cc2Cl)n2nc(SCc3ccccc3Cl)nc2N1. The molecule has 1 aliphatic heterocycles. The zero-order valence-corrected chi connectivity index (χ0v) is 27.5. The summed E-state index contributed by atoms with van der Waals surface area (Å²) in [5.41, 5.74) is 3.45. The van der Waals surface area contributed by atoms with Gasteiger partial charge < -0.3 is 14.8 Å². The standard InChI is InChI=1S/C30H26BrCl3N4O3S/c1-16(2)41-28(39)26-17(3)35-29-36-30(42-15-19-6-4-5-7-23(19)33)37-38(29)27(26)22-12-20(31)9-11-25(22)40-14-18-8-10-21(32)13-24(18)34/h4-13,16,27H,14-15H2,1-3H3,(H,35,36,37). The number of thioether (sulfide) groups is 1. The molecular weight excluding hydrogens is 683 g/mol. The number of benzene rings is 3. The van der Waals surface area contributed by atoms with Gasteiger partial charge in [-0.3, -0.25) is 0 Å². The van der Waals surface area contributed by atoms with Gasteiger partial charge in [-0.25, -0.2) is 9.48 Å². The fraction of sp³-hybridized carbons (Fsp3) is 0.233. The first-order valence-corrected chi connectivity index (χ1v) is 15.9. The highest BCUT2D eigenvalue weighted by Crippen LogP contribution is 2.42. The Kier molecular flexibility index (Phi) is 9.74. The summed E-state index contributed by atoms with van der Waals surface area (Å²) in [5, 5.41) is 10.3. The molecule has 0 fully saturated rings. The van der Waals surface area contributed by atoms with Crippen LogP contribution in [0.1, 0.15) is 43.5 Å². The second-order valence-electron chi connectivity index (χ2n) is 9.77. The van der Waals surface area contributed by atoms with Gasteiger partial charge in [0, 0.05) is 42.1 Å². The number of esters is 1. The number of halogens is 4. The lowest BCUT2D eigenvalue weighted by molar-refractivity contribution is -0.143. The molecule has 4 aromatic rings. The van der Waals surface area contributed by atoms with Crippen LogP contribution in [0, 0.1) is 0 Å². The van der Waals surface area contributed by atoms with Crippen molar-refractivity contribution in [2.24, 2.45) is 0 Å². The minimum Gasteiger partial charge on any atom is -0.488 e. The van der Waals surface area contributed by atoms with E-state index in [1.807, 2.05) is 69.3 Å². The highest BCUT2D eigenvalue weighted by molar-refractivity contribution is 9.10. The van der Waals surface area contributed by atoms with Crippen LogP contribution in [-0.4, -0.2) is 26.8 Å². The predicted molar refractivity (Wildman–Crippen MR) is 172 cm³/mol. The van der Waals surface area contributed by atoms with E-state index in [1.165, 1.54) is 11.8 Å². The fourth-order valence-electron chi connectivity index (χ4n) is 4.44. The van der Waals surface area contributed by atoms with Crippen LogP contribution in [0.15, 0.2) is 81.6 Å². The van der Waals surface area contributed by atoms with Crippen LogP contribution < -0.4 is 10.1 Å². The second kappa shape index (κ2) is 13.3. The van der Waals surface area contributed by atoms with E-state index in [0.29, 0.717) is 54.5 Å². The van der Waals surface area contributed by atoms with Crippen molar-refractivity contribution in [2.75, 3.05) is 5.32 Å². The normalized spacial score (nSPS) is 14.5. The van der Waals surface area contributed by atoms with Gasteiger partial charge in [0.25, 0.3) is 0 Å². The third-order valence-electron chi connectivity index (χ3n) is 6.38. The Morgan fingerprint density at radius 3 is 2.60 bits per heavy atom. The largest absolute Gasteiger partial charge is 0.488 e. The monoisotopic (exact) mass is 706 g/mol. The average Bonchev–Trinajstić information content (AvgIpc) is 3.33. The first-order chi connectivity index (χ1) is 20.1. The maximum Gasteiger partial charge on any atom is 0.338 e. The molecule has 12 heteroatoms. The maximum atomic E-state index is 13.5. The van der Waals surface area contributed by atoms with Gasteiger partial charge in [-0.05, 0) is 62.7 Å². The number of nitrogens with one attached hydrogen (secondary N) is 1. The molecule has 2 heterocycles. The molecule has 218 valence electrons. The van der Waals surface area contributed by atoms with E-state index >= 15 is 0 Å². The third kappa shape index (κ3) is 6.92. The van der Waals surface area contributed by atoms with Gasteiger partial charge in [0.15, 0.2) is 0 Å². The predicted octanol–water partition coefficient (Wildman–Crippen LogP) is 9.11. The Bertz CT molecular complexity index is 1680. The molecule has 1 aromatic heterocycles. The van der Waals surface area contributed by atoms with Gasteiger partial charge in [0.2, 0.25) is 11.1 Å². The van der Waals surface area contributed by atoms with Crippen molar-refractivity contribution in [2.45, 2.75) is 50.4 Å². The van der Waals surface area contributed by atoms with Crippen LogP contribution in [-0.2, 0) is 21.9 Å². The molecule has 1 N–H and O–H groups in total. The number of nitrogens with zero attached hydrogens (tertiary/aromatic N) is 3. The molecule has 0 aliphatic carbocycles. The molecule has 0 spiro atoms. The fourth-order valence-corrected chi connectivity index (χ4v) is 6.40. The summed E-state index contributed by atoms with van der Waals surface area (Å²) in [7, 11) is 0. The number of allylic oxidation sites excluding steroid dienone is 1. The number of carbonyl (C=O) groups is 1. The molecule has 1 unspecified atom stereocenters. The van der Waals surface area contributed by atoms with Gasteiger partial charge in [-0.1, -0.05) is 86.8 Å². The summed E-state index contributed by atoms with van der Waals surface area (Å²) in [6.45, 7) is 5.64. The topological polar surface area (TPSA) is 78.3 Å². The van der Waals surface area contributed by atoms with Gasteiger partial charge >= 0.3 is 5.97 Å². The van der Waals surface area contributed by atoms with E-state index in [0.717, 1.165) is 15.6 Å². The van der Waals surface area contributed by atoms with Gasteiger partial charge in [0.05, 0.1) is 11.7 Å². The van der Waals surface area contributed by atoms with Crippen LogP contribution in [0.2, 0.25) is 15.1 Å². The van der Waals surface area contributed by atoms with Crippen molar-refractivity contribution in [3.05, 3.63) is 108 Å². The Labute approximate surface area is 271 Å². The zero-order chi connectivity index (χ0) is 30.0. The number of anilines is 1. The van der Waals surface area contributed by atoms with Crippen molar-refractivity contribution >= 4 is 74.4 Å². The number of fused-ring (bicyclic) bond motifs is 1. The summed E-state index contributed by atoms with van der Waals surface area (Å²) in [6, 6.07) is 17.8. The molecule has 0 saturated carbocycles. The van der Waals surface area contributed by atoms with E-state index in [1.54, 1.807) is 16.8 Å². The molecule has 0 bridgehead atoms. The van der Waals surface area contributed by atoms with Crippen LogP contribution in [0.4, 0.5) is 5.95 Å². The summed E-state index contributed by atoms with van der Waals surface area (Å²) < 4.78 is 14.5. The number of aromatic nitrogens is 3. The Morgan fingerprint density at radius 2 is 1.86 bits per heavy atom. The molecule has 42 heavy (non-hydrogen) atoms. The van der Waals surface area contributed by atoms with E-state index in [2.05, 4.69) is 21.2 Å². The van der Waals surface area contributed by atoms with Crippen LogP contribution in [0.5, 0.6) is 5.75 Å². The lowest BCUT2D eigenvalue weighted by atomic mass is 9.95. The van der Waals surface area contributed by atoms with Crippen molar-refractivity contribution in [1.82, 2.24) is 14.8 Å². The van der Waals surface area contributed by atoms with Crippen molar-refractivity contribution < 1.29 is 14.3 Å². The smallest absolute Gasteiger partial charge is 0.338 e. The van der Waals surface area contributed by atoms with Crippen LogP contribution >= 0.6 is 62.5 Å². The summed E-state index contributed by atoms with van der Waals surface area (Å²) in [5.74, 6) is 1.16. The summed E-state index contributed by atoms with van der Waals surface area (Å²) >= 11 is 23.9. The van der Waals surface area contributed by atoms with Crippen LogP contribution in [0.3, 0.4) is 0 Å². The highest BCUT2D eigenvalue weighted by Gasteiger charge is 2.37. The molecule has 1 aliphatic rings. The maximum absolute atomic E-state index is 13.5. The quantitative estimate of drug-likeness (QED) is 0.137. The van der Waals surface area contributed by atoms with Crippen molar-refractivity contribution in [3.63, 3.8) is 0 Å². The molecule has 0 amide bonds. The van der Waals surface area contributed by atoms with E-state index < -0.39 is 12.0 Å². The number of hydrogen-bond donors (Lipinski definition) is 1. The first-order valence-electron chi connectivity index (χ1n) is 13.0. The molecule has 1 atom stereocenters. The lowest BCUT2D eigenvalue weighted by Gasteiger charge is -2.29. The average molecular weight is 709 g/mol. The van der Waals surface area contributed by atoms with Gasteiger partial charge in [0.1, 0.15) is 18.4 Å². The number of hydrogen-bond acceptors (Lipinski definition) is 7. The van der Waals surface area contributed by atoms with Gasteiger partial charge in [-0.15, -0.1) is 5.10 Å². The number of rotatable bonds is 9. The van der Waals surface area contributed by atoms with E-state index in [9.17, 15) is 4.79 Å². The second-order valence-corrected chi connectivity index (χ2v) is 12.9.